The van der Waals surface area contributed by atoms with Crippen LogP contribution in [0, 0.1) is 11.8 Å². The summed E-state index contributed by atoms with van der Waals surface area (Å²) in [6, 6.07) is -5.99. The molecule has 3 aliphatic heterocycles. The molecule has 15 N–H and O–H groups in total. The highest BCUT2D eigenvalue weighted by Gasteiger charge is 2.45. The van der Waals surface area contributed by atoms with Crippen LogP contribution in [0.15, 0.2) is 35.4 Å². The second-order valence-corrected chi connectivity index (χ2v) is 23.3. The fourth-order valence-corrected chi connectivity index (χ4v) is 11.4. The number of aliphatic hydroxyl groups excluding tert-OH is 3. The standard InChI is InChI=1S/C39H54N10O14S.C18H34O2/c1-4-16(2)31-36(60)42-11-29(55)43-25-15-64(63)38-21(20-6-5-18(51)7-22(20)46-38)9-23(33(57)41-12-30(56)47-31)44-37(61)32(17(3)27(53)14-50)48-35(59)26-8-19(52)13-49(26)39(62)24(10-28(40)54)45-34(25)58;1-2-3-4-5-6-7-8-9-10-11-12-13-14-15-16-17-18(19)20/h5-7,16-17,19,23-27,31-32,46,50-53H,4,8-15H2,1-3H3,(H2,40,54)(H,41,57)(H,42,60)(H,43,55)(H,44,61)(H,45,58)(H,47,56)(H,48,59);9-10H,2-8,11-17H2,1H3,(H,19,20)/b;10-9-/t16?,17?,19?,23-,24-,25-,26-,27-,31-,32-,64+;/m0./s1. The number of fused-ring (bicyclic) bond motifs is 5. The highest BCUT2D eigenvalue weighted by Crippen LogP contribution is 2.31. The molecule has 3 unspecified atom stereocenters. The van der Waals surface area contributed by atoms with Gasteiger partial charge < -0.3 is 82.9 Å². The Bertz CT molecular complexity index is 2600. The van der Waals surface area contributed by atoms with Gasteiger partial charge in [-0.2, -0.15) is 0 Å². The molecule has 1 saturated heterocycles. The van der Waals surface area contributed by atoms with Crippen molar-refractivity contribution in [3.05, 3.63) is 35.9 Å². The first-order valence-electron chi connectivity index (χ1n) is 29.2. The molecule has 84 heavy (non-hydrogen) atoms. The number of phenolic OH excluding ortho intramolecular Hbond substituents is 1. The summed E-state index contributed by atoms with van der Waals surface area (Å²) < 4.78 is 14.6. The van der Waals surface area contributed by atoms with Gasteiger partial charge in [-0.1, -0.05) is 97.6 Å². The number of amides is 9. The largest absolute Gasteiger partial charge is 0.610 e. The third-order valence-electron chi connectivity index (χ3n) is 15.2. The molecule has 1 fully saturated rings. The number of carbonyl (C=O) groups is 10. The number of allylic oxidation sites excluding steroid dienone is 2. The number of aromatic hydroxyl groups is 1. The zero-order valence-corrected chi connectivity index (χ0v) is 49.4. The average molecular weight is 1200 g/mol. The number of aromatic nitrogens is 1. The van der Waals surface area contributed by atoms with Crippen molar-refractivity contribution >= 4 is 81.2 Å². The van der Waals surface area contributed by atoms with Crippen LogP contribution in [-0.2, 0) is 65.5 Å². The van der Waals surface area contributed by atoms with Gasteiger partial charge in [-0.15, -0.1) is 0 Å². The number of benzene rings is 1. The monoisotopic (exact) mass is 1200 g/mol. The van der Waals surface area contributed by atoms with E-state index in [4.69, 9.17) is 10.8 Å². The van der Waals surface area contributed by atoms with Gasteiger partial charge in [-0.3, -0.25) is 47.9 Å². The number of nitrogens with zero attached hydrogens (tertiary/aromatic N) is 1. The molecular weight excluding hydrogens is 1110 g/mol. The predicted octanol–water partition coefficient (Wildman–Crippen LogP) is 0.188. The molecular formula is C57H88N10O16S. The SMILES string of the molecule is CCC(C)[C@@H]1NC(=O)CNC(=O)[C@@H]2Cc3c([nH]c4cc(O)ccc34)[S@+]([O-])C[C@H](NC(=O)CNC1=O)C(=O)N[C@@H](CC(N)=O)C(=O)N1CC(O)C[C@H]1C(=O)N[C@@H](C(C)[C@@H](O)CO)C(=O)N2.CCCCCCCC/C=C\CCCCCCCC(=O)O. The first-order valence-corrected chi connectivity index (χ1v) is 30.5. The topological polar surface area (TPSA) is 424 Å². The number of carboxylic acids is 1. The minimum Gasteiger partial charge on any atom is -0.610 e. The molecule has 4 heterocycles. The number of phenols is 1. The van der Waals surface area contributed by atoms with E-state index >= 15 is 0 Å². The third-order valence-corrected chi connectivity index (χ3v) is 16.6. The van der Waals surface area contributed by atoms with Crippen molar-refractivity contribution in [3.63, 3.8) is 0 Å². The molecule has 0 radical (unpaired) electrons. The fourth-order valence-electron chi connectivity index (χ4n) is 10.0. The Hall–Kier alpha value is -6.81. The smallest absolute Gasteiger partial charge is 0.303 e. The highest BCUT2D eigenvalue weighted by atomic mass is 32.2. The molecule has 0 aliphatic carbocycles. The number of rotatable bonds is 22. The first kappa shape index (κ1) is 69.7. The minimum absolute atomic E-state index is 0.0800. The van der Waals surface area contributed by atoms with Gasteiger partial charge in [-0.05, 0) is 50.2 Å². The van der Waals surface area contributed by atoms with E-state index in [1.807, 2.05) is 0 Å². The van der Waals surface area contributed by atoms with Crippen molar-refractivity contribution in [2.75, 3.05) is 32.0 Å². The number of aliphatic hydroxyl groups is 3. The second-order valence-electron chi connectivity index (χ2n) is 21.9. The normalized spacial score (nSPS) is 24.4. The Balaban J connectivity index is 0.000000643. The van der Waals surface area contributed by atoms with Gasteiger partial charge in [0.1, 0.15) is 41.7 Å². The van der Waals surface area contributed by atoms with Gasteiger partial charge in [0.15, 0.2) is 6.04 Å². The Labute approximate surface area is 492 Å². The fraction of sp³-hybridized carbons (Fsp3) is 0.649. The predicted molar refractivity (Wildman–Crippen MR) is 309 cm³/mol. The number of unbranched alkanes of at least 4 members (excludes halogenated alkanes) is 11. The second kappa shape index (κ2) is 35.5. The summed E-state index contributed by atoms with van der Waals surface area (Å²) in [6.45, 7) is 4.01. The summed E-state index contributed by atoms with van der Waals surface area (Å²) >= 11 is -2.38. The summed E-state index contributed by atoms with van der Waals surface area (Å²) in [5, 5.41) is 67.3. The van der Waals surface area contributed by atoms with Gasteiger partial charge in [0, 0.05) is 59.9 Å². The maximum absolute atomic E-state index is 14.6. The molecule has 26 nitrogen and oxygen atoms in total. The van der Waals surface area contributed by atoms with Crippen LogP contribution in [-0.4, -0.2) is 180 Å². The highest BCUT2D eigenvalue weighted by molar-refractivity contribution is 7.91. The molecule has 1 aromatic carbocycles. The van der Waals surface area contributed by atoms with E-state index in [0.717, 1.165) is 17.7 Å². The summed E-state index contributed by atoms with van der Waals surface area (Å²) in [4.78, 5) is 138. The number of aromatic amines is 1. The van der Waals surface area contributed by atoms with Gasteiger partial charge in [-0.25, -0.2) is 0 Å². The molecule has 11 atom stereocenters. The van der Waals surface area contributed by atoms with Crippen molar-refractivity contribution in [2.24, 2.45) is 17.6 Å². The molecule has 1 aromatic heterocycles. The van der Waals surface area contributed by atoms with Gasteiger partial charge >= 0.3 is 5.97 Å². The summed E-state index contributed by atoms with van der Waals surface area (Å²) in [5.74, 6) is -12.7. The summed E-state index contributed by atoms with van der Waals surface area (Å²) in [6.07, 6.45) is 16.8. The van der Waals surface area contributed by atoms with Gasteiger partial charge in [0.2, 0.25) is 58.2 Å². The Kier molecular flexibility index (Phi) is 29.4. The number of hydrogen-bond donors (Lipinski definition) is 14. The van der Waals surface area contributed by atoms with Crippen molar-refractivity contribution in [2.45, 2.75) is 197 Å². The van der Waals surface area contributed by atoms with Crippen LogP contribution in [0.2, 0.25) is 0 Å². The van der Waals surface area contributed by atoms with Gasteiger partial charge in [0.05, 0.1) is 43.8 Å². The van der Waals surface area contributed by atoms with E-state index in [1.54, 1.807) is 13.8 Å². The first-order chi connectivity index (χ1) is 40.0. The van der Waals surface area contributed by atoms with E-state index in [9.17, 15) is 72.9 Å². The maximum Gasteiger partial charge on any atom is 0.303 e. The summed E-state index contributed by atoms with van der Waals surface area (Å²) in [7, 11) is 0. The lowest BCUT2D eigenvalue weighted by molar-refractivity contribution is -0.144. The molecule has 9 amide bonds. The quantitative estimate of drug-likeness (QED) is 0.0425. The van der Waals surface area contributed by atoms with E-state index in [0.29, 0.717) is 12.8 Å². The van der Waals surface area contributed by atoms with Crippen LogP contribution in [0.1, 0.15) is 142 Å². The number of hydrogen-bond acceptors (Lipinski definition) is 15. The molecule has 3 aliphatic rings. The van der Waals surface area contributed by atoms with E-state index < -0.39 is 182 Å². The molecule has 0 saturated carbocycles. The molecule has 5 rings (SSSR count). The lowest BCUT2D eigenvalue weighted by Gasteiger charge is -2.32. The number of carboxylic acid groups (broad SMARTS) is 1. The van der Waals surface area contributed by atoms with Crippen molar-refractivity contribution in [3.8, 4) is 5.75 Å². The van der Waals surface area contributed by atoms with E-state index in [2.05, 4.69) is 61.3 Å². The minimum atomic E-state index is -2.38. The van der Waals surface area contributed by atoms with Crippen LogP contribution < -0.4 is 43.0 Å². The lowest BCUT2D eigenvalue weighted by atomic mass is 9.93. The number of aliphatic carboxylic acids is 1. The Morgan fingerprint density at radius 1 is 0.774 bits per heavy atom. The zero-order chi connectivity index (χ0) is 62.0. The molecule has 2 bridgehead atoms. The number of nitrogens with two attached hydrogens (primary N) is 1. The van der Waals surface area contributed by atoms with Crippen LogP contribution in [0.3, 0.4) is 0 Å². The average Bonchev–Trinajstić information content (AvgIpc) is 3.97. The lowest BCUT2D eigenvalue weighted by Crippen LogP contribution is -2.62. The van der Waals surface area contributed by atoms with Crippen molar-refractivity contribution in [1.82, 2.24) is 47.1 Å². The van der Waals surface area contributed by atoms with Crippen LogP contribution in [0.4, 0.5) is 0 Å². The van der Waals surface area contributed by atoms with E-state index in [-0.39, 0.29) is 27.2 Å². The molecule has 2 aromatic rings. The number of primary amides is 1. The van der Waals surface area contributed by atoms with Crippen molar-refractivity contribution in [1.29, 1.82) is 0 Å². The maximum atomic E-state index is 14.6. The van der Waals surface area contributed by atoms with Crippen LogP contribution >= 0.6 is 0 Å². The molecule has 27 heteroatoms. The molecule has 468 valence electrons. The summed E-state index contributed by atoms with van der Waals surface area (Å²) in [5.41, 5.74) is 5.73. The number of H-pyrrole nitrogens is 1. The molecule has 0 spiro atoms. The van der Waals surface area contributed by atoms with Gasteiger partial charge in [0.25, 0.3) is 0 Å². The van der Waals surface area contributed by atoms with E-state index in [1.165, 1.54) is 95.8 Å². The van der Waals surface area contributed by atoms with Crippen LogP contribution in [0.5, 0.6) is 5.75 Å². The van der Waals surface area contributed by atoms with Crippen LogP contribution in [0.25, 0.3) is 10.9 Å². The number of nitrogens with one attached hydrogen (secondary N) is 8. The number of carbonyl (C=O) groups excluding carboxylic acids is 9. The third kappa shape index (κ3) is 22.0. The Morgan fingerprint density at radius 2 is 1.39 bits per heavy atom. The zero-order valence-electron chi connectivity index (χ0n) is 48.6. The van der Waals surface area contributed by atoms with Crippen molar-refractivity contribution < 1.29 is 78.0 Å². The Morgan fingerprint density at radius 3 is 2.01 bits per heavy atom.